The first-order valence-electron chi connectivity index (χ1n) is 9.30. The van der Waals surface area contributed by atoms with Crippen molar-refractivity contribution in [2.24, 2.45) is 9.76 Å². The molecular weight excluding hydrogens is 498 g/mol. The number of hydrogen-bond acceptors (Lipinski definition) is 5. The Morgan fingerprint density at radius 2 is 1.33 bits per heavy atom. The number of thiophene rings is 1. The third kappa shape index (κ3) is 8.33. The zero-order chi connectivity index (χ0) is 23.0. The van der Waals surface area contributed by atoms with Crippen molar-refractivity contribution in [3.05, 3.63) is 50.7 Å². The molecule has 30 heavy (non-hydrogen) atoms. The minimum atomic E-state index is -0.668. The molecule has 0 unspecified atom stereocenters. The predicted octanol–water partition coefficient (Wildman–Crippen LogP) is 7.35. The van der Waals surface area contributed by atoms with Crippen molar-refractivity contribution in [1.29, 1.82) is 0 Å². The summed E-state index contributed by atoms with van der Waals surface area (Å²) >= 11 is 1.95. The zero-order valence-electron chi connectivity index (χ0n) is 19.1. The molecule has 0 amide bonds. The van der Waals surface area contributed by atoms with E-state index in [0.717, 1.165) is 17.1 Å². The normalized spacial score (nSPS) is 12.7. The maximum absolute atomic E-state index is 4.94. The summed E-state index contributed by atoms with van der Waals surface area (Å²) < 4.78 is 9.28. The second-order valence-electron chi connectivity index (χ2n) is 7.31. The SMILES string of the molecule is CC(=Nc1c(C)cc(C)cc1C)c1ccc(/C(C)=N/P(N(C)C)N(C)C)s1.[Cl][Fe][Cl]. The minimum absolute atomic E-state index is 0.194. The van der Waals surface area contributed by atoms with Crippen molar-refractivity contribution in [1.82, 2.24) is 9.34 Å². The maximum atomic E-state index is 4.94. The second-order valence-corrected chi connectivity index (χ2v) is 12.6. The number of nitrogens with zero attached hydrogens (tertiary/aromatic N) is 4. The zero-order valence-corrected chi connectivity index (χ0v) is 23.4. The molecule has 2 aromatic rings. The van der Waals surface area contributed by atoms with E-state index in [2.05, 4.69) is 96.4 Å². The first-order valence-corrected chi connectivity index (χ1v) is 14.4. The van der Waals surface area contributed by atoms with Gasteiger partial charge in [-0.3, -0.25) is 14.3 Å². The van der Waals surface area contributed by atoms with Gasteiger partial charge in [0.1, 0.15) is 0 Å². The molecule has 0 fully saturated rings. The molecule has 0 aliphatic rings. The van der Waals surface area contributed by atoms with Crippen LogP contribution in [0, 0.1) is 20.8 Å². The number of benzene rings is 1. The molecule has 1 heterocycles. The molecule has 0 atom stereocenters. The van der Waals surface area contributed by atoms with E-state index in [1.807, 2.05) is 0 Å². The van der Waals surface area contributed by atoms with Gasteiger partial charge in [0, 0.05) is 9.75 Å². The van der Waals surface area contributed by atoms with Crippen LogP contribution in [0.2, 0.25) is 0 Å². The second kappa shape index (κ2) is 13.3. The molecule has 0 radical (unpaired) electrons. The summed E-state index contributed by atoms with van der Waals surface area (Å²) in [5, 5.41) is 0. The number of rotatable bonds is 6. The van der Waals surface area contributed by atoms with E-state index in [4.69, 9.17) is 30.0 Å². The molecule has 4 nitrogen and oxygen atoms in total. The van der Waals surface area contributed by atoms with Crippen LogP contribution >= 0.6 is 39.9 Å². The molecule has 2 rings (SSSR count). The quantitative estimate of drug-likeness (QED) is 0.223. The summed E-state index contributed by atoms with van der Waals surface area (Å²) in [6.45, 7) is 10.6. The average Bonchev–Trinajstić information content (AvgIpc) is 3.12. The van der Waals surface area contributed by atoms with Crippen molar-refractivity contribution in [3.8, 4) is 0 Å². The Morgan fingerprint density at radius 3 is 1.77 bits per heavy atom. The van der Waals surface area contributed by atoms with E-state index >= 15 is 0 Å². The number of halogens is 2. The van der Waals surface area contributed by atoms with Crippen LogP contribution < -0.4 is 0 Å². The van der Waals surface area contributed by atoms with Gasteiger partial charge in [-0.2, -0.15) is 0 Å². The molecule has 0 N–H and O–H groups in total. The topological polar surface area (TPSA) is 31.2 Å². The van der Waals surface area contributed by atoms with Gasteiger partial charge >= 0.3 is 33.3 Å². The van der Waals surface area contributed by atoms with E-state index < -0.39 is 8.37 Å². The van der Waals surface area contributed by atoms with Crippen molar-refractivity contribution < 1.29 is 13.1 Å². The summed E-state index contributed by atoms with van der Waals surface area (Å²) in [7, 11) is 17.2. The molecule has 1 aromatic carbocycles. The molecule has 9 heteroatoms. The van der Waals surface area contributed by atoms with E-state index in [-0.39, 0.29) is 13.1 Å². The summed E-state index contributed by atoms with van der Waals surface area (Å²) in [6, 6.07) is 8.71. The van der Waals surface area contributed by atoms with Crippen molar-refractivity contribution >= 4 is 57.0 Å². The Balaban J connectivity index is 0.00000141. The van der Waals surface area contributed by atoms with E-state index in [1.54, 1.807) is 11.3 Å². The van der Waals surface area contributed by atoms with Gasteiger partial charge in [0.05, 0.1) is 17.1 Å². The van der Waals surface area contributed by atoms with Gasteiger partial charge < -0.3 is 0 Å². The number of aryl methyl sites for hydroxylation is 3. The van der Waals surface area contributed by atoms with Gasteiger partial charge in [0.15, 0.2) is 8.37 Å². The Kier molecular flexibility index (Phi) is 12.3. The van der Waals surface area contributed by atoms with Gasteiger partial charge in [-0.15, -0.1) is 11.3 Å². The predicted molar refractivity (Wildman–Crippen MR) is 135 cm³/mol. The van der Waals surface area contributed by atoms with Crippen LogP contribution in [0.3, 0.4) is 0 Å². The van der Waals surface area contributed by atoms with Gasteiger partial charge in [-0.1, -0.05) is 17.7 Å². The molecule has 1 aromatic heterocycles. The summed E-state index contributed by atoms with van der Waals surface area (Å²) in [6.07, 6.45) is 0. The van der Waals surface area contributed by atoms with Crippen LogP contribution in [-0.2, 0) is 13.1 Å². The van der Waals surface area contributed by atoms with Crippen LogP contribution in [0.25, 0.3) is 0 Å². The van der Waals surface area contributed by atoms with Gasteiger partial charge in [-0.25, -0.2) is 4.76 Å². The van der Waals surface area contributed by atoms with Gasteiger partial charge in [-0.05, 0) is 86.1 Å². The van der Waals surface area contributed by atoms with Crippen molar-refractivity contribution in [2.75, 3.05) is 28.2 Å². The van der Waals surface area contributed by atoms with Gasteiger partial charge in [0.25, 0.3) is 0 Å². The van der Waals surface area contributed by atoms with Crippen LogP contribution in [0.5, 0.6) is 0 Å². The molecule has 0 saturated carbocycles. The Hall–Kier alpha value is -0.291. The molecule has 0 aliphatic heterocycles. The van der Waals surface area contributed by atoms with E-state index in [0.29, 0.717) is 0 Å². The Bertz CT molecular complexity index is 866. The van der Waals surface area contributed by atoms with Crippen LogP contribution in [0.15, 0.2) is 34.0 Å². The number of hydrogen-bond donors (Lipinski definition) is 0. The molecule has 168 valence electrons. The van der Waals surface area contributed by atoms with Crippen LogP contribution in [-0.4, -0.2) is 49.0 Å². The average molecular weight is 529 g/mol. The molecular formula is C21H31Cl2FeN4PS. The van der Waals surface area contributed by atoms with Crippen molar-refractivity contribution in [3.63, 3.8) is 0 Å². The standard InChI is InChI=1S/C21H31N4PS.2ClH.Fe/c1-14-12-15(2)21(16(3)13-14)22-17(4)19-10-11-20(27-19)18(5)23-26(24(6)7)25(8)9;;;/h10-13H,1-9H3;2*1H;/q;;;+2/p-2/b22-17?,23-18+;;;. The van der Waals surface area contributed by atoms with Crippen LogP contribution in [0.4, 0.5) is 5.69 Å². The summed E-state index contributed by atoms with van der Waals surface area (Å²) in [4.78, 5) is 7.33. The summed E-state index contributed by atoms with van der Waals surface area (Å²) in [5.74, 6) is 0. The first-order chi connectivity index (χ1) is 14.0. The fourth-order valence-electron chi connectivity index (χ4n) is 3.02. The molecule has 0 saturated heterocycles. The molecule has 0 spiro atoms. The van der Waals surface area contributed by atoms with Gasteiger partial charge in [0.2, 0.25) is 0 Å². The van der Waals surface area contributed by atoms with Crippen LogP contribution in [0.1, 0.15) is 40.3 Å². The third-order valence-electron chi connectivity index (χ3n) is 4.19. The first kappa shape index (κ1) is 27.7. The Morgan fingerprint density at radius 1 is 0.900 bits per heavy atom. The molecule has 0 bridgehead atoms. The van der Waals surface area contributed by atoms with E-state index in [1.165, 1.54) is 26.4 Å². The van der Waals surface area contributed by atoms with E-state index in [9.17, 15) is 0 Å². The fourth-order valence-corrected chi connectivity index (χ4v) is 5.43. The molecule has 0 aliphatic carbocycles. The third-order valence-corrected chi connectivity index (χ3v) is 7.40. The number of aliphatic imine (C=N–C) groups is 1. The monoisotopic (exact) mass is 528 g/mol. The Labute approximate surface area is 201 Å². The fraction of sp³-hybridized carbons (Fsp3) is 0.429. The summed E-state index contributed by atoms with van der Waals surface area (Å²) in [5.41, 5.74) is 6.95. The van der Waals surface area contributed by atoms with Crippen molar-refractivity contribution in [2.45, 2.75) is 34.6 Å².